The van der Waals surface area contributed by atoms with Crippen LogP contribution in [0.4, 0.5) is 0 Å². The predicted molar refractivity (Wildman–Crippen MR) is 109 cm³/mol. The van der Waals surface area contributed by atoms with Crippen LogP contribution >= 0.6 is 12.2 Å². The first-order valence-electron chi connectivity index (χ1n) is 8.67. The Hall–Kier alpha value is -2.58. The molecule has 27 heavy (non-hydrogen) atoms. The van der Waals surface area contributed by atoms with E-state index in [1.165, 1.54) is 0 Å². The SMILES string of the molecule is COC[C@H](C)NC(=S)N/N=C\c1cc(C)n(-c2ccc3c(c2)OCO3)c1C. The van der Waals surface area contributed by atoms with Gasteiger partial charge in [-0.15, -0.1) is 0 Å². The summed E-state index contributed by atoms with van der Waals surface area (Å²) in [5.74, 6) is 1.54. The summed E-state index contributed by atoms with van der Waals surface area (Å²) in [4.78, 5) is 0. The molecular formula is C19H24N4O3S. The fraction of sp³-hybridized carbons (Fsp3) is 0.368. The zero-order valence-corrected chi connectivity index (χ0v) is 16.7. The van der Waals surface area contributed by atoms with Crippen LogP contribution in [0.25, 0.3) is 5.69 Å². The van der Waals surface area contributed by atoms with Gasteiger partial charge in [0.15, 0.2) is 16.6 Å². The largest absolute Gasteiger partial charge is 0.454 e. The fourth-order valence-corrected chi connectivity index (χ4v) is 3.30. The van der Waals surface area contributed by atoms with Crippen LogP contribution in [-0.2, 0) is 4.74 Å². The summed E-state index contributed by atoms with van der Waals surface area (Å²) in [5.41, 5.74) is 7.04. The highest BCUT2D eigenvalue weighted by Gasteiger charge is 2.16. The lowest BCUT2D eigenvalue weighted by molar-refractivity contribution is 0.174. The second-order valence-corrected chi connectivity index (χ2v) is 6.81. The highest BCUT2D eigenvalue weighted by molar-refractivity contribution is 7.80. The number of nitrogens with one attached hydrogen (secondary N) is 2. The third kappa shape index (κ3) is 4.40. The van der Waals surface area contributed by atoms with Crippen LogP contribution < -0.4 is 20.2 Å². The van der Waals surface area contributed by atoms with Gasteiger partial charge in [0, 0.05) is 41.9 Å². The molecule has 1 aromatic carbocycles. The second kappa shape index (κ2) is 8.41. The van der Waals surface area contributed by atoms with Gasteiger partial charge in [0.1, 0.15) is 0 Å². The number of hydrazone groups is 1. The van der Waals surface area contributed by atoms with E-state index >= 15 is 0 Å². The minimum atomic E-state index is 0.112. The van der Waals surface area contributed by atoms with E-state index in [0.29, 0.717) is 11.7 Å². The molecule has 7 nitrogen and oxygen atoms in total. The number of benzene rings is 1. The van der Waals surface area contributed by atoms with Gasteiger partial charge >= 0.3 is 0 Å². The summed E-state index contributed by atoms with van der Waals surface area (Å²) < 4.78 is 18.1. The van der Waals surface area contributed by atoms with Crippen LogP contribution in [0.15, 0.2) is 29.4 Å². The minimum absolute atomic E-state index is 0.112. The van der Waals surface area contributed by atoms with E-state index in [1.807, 2.05) is 25.1 Å². The van der Waals surface area contributed by atoms with E-state index in [-0.39, 0.29) is 12.8 Å². The van der Waals surface area contributed by atoms with Crippen molar-refractivity contribution >= 4 is 23.5 Å². The molecule has 1 aliphatic rings. The van der Waals surface area contributed by atoms with Gasteiger partial charge in [0.25, 0.3) is 0 Å². The topological polar surface area (TPSA) is 69.0 Å². The average molecular weight is 388 g/mol. The van der Waals surface area contributed by atoms with Gasteiger partial charge < -0.3 is 24.1 Å². The molecule has 0 unspecified atom stereocenters. The monoisotopic (exact) mass is 388 g/mol. The molecule has 2 N–H and O–H groups in total. The molecule has 0 spiro atoms. The predicted octanol–water partition coefficient (Wildman–Crippen LogP) is 2.66. The summed E-state index contributed by atoms with van der Waals surface area (Å²) in [6, 6.07) is 8.12. The second-order valence-electron chi connectivity index (χ2n) is 6.40. The van der Waals surface area contributed by atoms with Crippen molar-refractivity contribution in [3.63, 3.8) is 0 Å². The number of nitrogens with zero attached hydrogens (tertiary/aromatic N) is 2. The lowest BCUT2D eigenvalue weighted by Gasteiger charge is -2.13. The summed E-state index contributed by atoms with van der Waals surface area (Å²) in [6.07, 6.45) is 1.76. The Morgan fingerprint density at radius 2 is 2.11 bits per heavy atom. The van der Waals surface area contributed by atoms with Crippen molar-refractivity contribution < 1.29 is 14.2 Å². The fourth-order valence-electron chi connectivity index (χ4n) is 3.05. The molecule has 0 saturated carbocycles. The maximum Gasteiger partial charge on any atom is 0.231 e. The number of thiocarbonyl (C=S) groups is 1. The maximum atomic E-state index is 5.49. The number of methoxy groups -OCH3 is 1. The number of ether oxygens (including phenoxy) is 3. The first-order valence-corrected chi connectivity index (χ1v) is 9.08. The van der Waals surface area contributed by atoms with E-state index in [9.17, 15) is 0 Å². The van der Waals surface area contributed by atoms with Crippen molar-refractivity contribution in [3.05, 3.63) is 41.2 Å². The van der Waals surface area contributed by atoms with Crippen molar-refractivity contribution in [2.24, 2.45) is 5.10 Å². The minimum Gasteiger partial charge on any atom is -0.454 e. The molecule has 3 rings (SSSR count). The molecule has 0 amide bonds. The summed E-state index contributed by atoms with van der Waals surface area (Å²) >= 11 is 5.22. The standard InChI is InChI=1S/C19H24N4O3S/c1-12(10-24-4)21-19(27)22-20-9-15-7-13(2)23(14(15)3)16-5-6-17-18(8-16)26-11-25-17/h5-9,12H,10-11H2,1-4H3,(H2,21,22,27)/b20-9-/t12-/m0/s1. The Labute approximate surface area is 164 Å². The molecule has 8 heteroatoms. The third-order valence-electron chi connectivity index (χ3n) is 4.25. The first-order chi connectivity index (χ1) is 13.0. The van der Waals surface area contributed by atoms with Crippen molar-refractivity contribution in [1.29, 1.82) is 0 Å². The quantitative estimate of drug-likeness (QED) is 0.450. The van der Waals surface area contributed by atoms with Crippen LogP contribution in [0.5, 0.6) is 11.5 Å². The lowest BCUT2D eigenvalue weighted by Crippen LogP contribution is -2.40. The van der Waals surface area contributed by atoms with Gasteiger partial charge in [-0.3, -0.25) is 5.43 Å². The summed E-state index contributed by atoms with van der Waals surface area (Å²) in [5, 5.41) is 7.80. The Balaban J connectivity index is 1.71. The van der Waals surface area contributed by atoms with Gasteiger partial charge in [-0.2, -0.15) is 5.10 Å². The molecule has 1 atom stereocenters. The van der Waals surface area contributed by atoms with Crippen molar-refractivity contribution in [3.8, 4) is 17.2 Å². The van der Waals surface area contributed by atoms with Crippen molar-refractivity contribution in [2.45, 2.75) is 26.8 Å². The Bertz CT molecular complexity index is 863. The molecule has 0 saturated heterocycles. The average Bonchev–Trinajstić information content (AvgIpc) is 3.19. The number of aryl methyl sites for hydroxylation is 1. The van der Waals surface area contributed by atoms with Crippen molar-refractivity contribution in [1.82, 2.24) is 15.3 Å². The van der Waals surface area contributed by atoms with Crippen LogP contribution in [0, 0.1) is 13.8 Å². The molecule has 1 aromatic heterocycles. The van der Waals surface area contributed by atoms with E-state index in [1.54, 1.807) is 13.3 Å². The van der Waals surface area contributed by atoms with E-state index in [0.717, 1.165) is 34.1 Å². The smallest absolute Gasteiger partial charge is 0.231 e. The highest BCUT2D eigenvalue weighted by Crippen LogP contribution is 2.34. The molecule has 1 aliphatic heterocycles. The van der Waals surface area contributed by atoms with Crippen LogP contribution in [0.2, 0.25) is 0 Å². The zero-order valence-electron chi connectivity index (χ0n) is 15.9. The van der Waals surface area contributed by atoms with Gasteiger partial charge in [-0.05, 0) is 51.2 Å². The Kier molecular flexibility index (Phi) is 5.98. The Morgan fingerprint density at radius 1 is 1.33 bits per heavy atom. The molecule has 144 valence electrons. The first kappa shape index (κ1) is 19.2. The number of hydrogen-bond acceptors (Lipinski definition) is 5. The number of rotatable bonds is 6. The molecular weight excluding hydrogens is 364 g/mol. The lowest BCUT2D eigenvalue weighted by atomic mass is 10.2. The molecule has 0 fully saturated rings. The third-order valence-corrected chi connectivity index (χ3v) is 4.46. The number of hydrogen-bond donors (Lipinski definition) is 2. The summed E-state index contributed by atoms with van der Waals surface area (Å²) in [6.45, 7) is 6.93. The van der Waals surface area contributed by atoms with Gasteiger partial charge in [0.2, 0.25) is 6.79 Å². The van der Waals surface area contributed by atoms with Crippen LogP contribution in [0.1, 0.15) is 23.9 Å². The molecule has 0 radical (unpaired) electrons. The molecule has 2 heterocycles. The number of fused-ring (bicyclic) bond motifs is 1. The Morgan fingerprint density at radius 3 is 2.89 bits per heavy atom. The van der Waals surface area contributed by atoms with E-state index in [4.69, 9.17) is 26.4 Å². The zero-order chi connectivity index (χ0) is 19.4. The number of aromatic nitrogens is 1. The molecule has 0 aliphatic carbocycles. The van der Waals surface area contributed by atoms with Gasteiger partial charge in [0.05, 0.1) is 12.8 Å². The molecule has 2 aromatic rings. The van der Waals surface area contributed by atoms with Crippen molar-refractivity contribution in [2.75, 3.05) is 20.5 Å². The highest BCUT2D eigenvalue weighted by atomic mass is 32.1. The van der Waals surface area contributed by atoms with E-state index < -0.39 is 0 Å². The van der Waals surface area contributed by atoms with Gasteiger partial charge in [-0.25, -0.2) is 0 Å². The normalized spacial score (nSPS) is 13.8. The van der Waals surface area contributed by atoms with Crippen LogP contribution in [0.3, 0.4) is 0 Å². The maximum absolute atomic E-state index is 5.49. The van der Waals surface area contributed by atoms with Gasteiger partial charge in [-0.1, -0.05) is 0 Å². The van der Waals surface area contributed by atoms with Crippen LogP contribution in [-0.4, -0.2) is 42.4 Å². The molecule has 0 bridgehead atoms. The van der Waals surface area contributed by atoms with E-state index in [2.05, 4.69) is 40.3 Å². The summed E-state index contributed by atoms with van der Waals surface area (Å²) in [7, 11) is 1.66.